The zero-order valence-corrected chi connectivity index (χ0v) is 16.7. The second kappa shape index (κ2) is 9.73. The van der Waals surface area contributed by atoms with Gasteiger partial charge in [-0.05, 0) is 42.5 Å². The van der Waals surface area contributed by atoms with Crippen molar-refractivity contribution in [3.63, 3.8) is 0 Å². The van der Waals surface area contributed by atoms with Gasteiger partial charge >= 0.3 is 6.03 Å². The zero-order valence-electron chi connectivity index (χ0n) is 15.9. The van der Waals surface area contributed by atoms with Crippen molar-refractivity contribution in [3.05, 3.63) is 46.2 Å². The number of urea groups is 1. The number of carbonyl (C=O) groups excluding carboxylic acids is 1. The second-order valence-electron chi connectivity index (χ2n) is 6.61. The molecule has 2 aromatic rings. The molecule has 2 heterocycles. The average Bonchev–Trinajstić information content (AvgIpc) is 3.15. The van der Waals surface area contributed by atoms with Crippen LogP contribution in [0.2, 0.25) is 0 Å². The molecule has 1 aromatic heterocycles. The van der Waals surface area contributed by atoms with Crippen LogP contribution in [0.25, 0.3) is 0 Å². The van der Waals surface area contributed by atoms with Crippen molar-refractivity contribution in [1.82, 2.24) is 10.2 Å². The number of nitrogens with zero attached hydrogens (tertiary/aromatic N) is 1. The molecule has 7 heteroatoms. The molecule has 27 heavy (non-hydrogen) atoms. The van der Waals surface area contributed by atoms with E-state index in [0.717, 1.165) is 19.5 Å². The normalized spacial score (nSPS) is 15.0. The molecule has 146 valence electrons. The van der Waals surface area contributed by atoms with Crippen molar-refractivity contribution in [3.8, 4) is 5.75 Å². The van der Waals surface area contributed by atoms with Crippen LogP contribution in [0.15, 0.2) is 35.7 Å². The minimum Gasteiger partial charge on any atom is -0.489 e. The molecule has 1 aromatic carbocycles. The van der Waals surface area contributed by atoms with Crippen LogP contribution in [0.4, 0.5) is 10.5 Å². The minimum absolute atomic E-state index is 0.224. The van der Waals surface area contributed by atoms with Gasteiger partial charge in [0.05, 0.1) is 12.3 Å². The molecule has 1 aliphatic heterocycles. The molecule has 1 atom stereocenters. The Morgan fingerprint density at radius 3 is 3.00 bits per heavy atom. The monoisotopic (exact) mass is 389 g/mol. The van der Waals surface area contributed by atoms with Crippen LogP contribution in [-0.2, 0) is 17.7 Å². The van der Waals surface area contributed by atoms with Gasteiger partial charge in [0.15, 0.2) is 0 Å². The Hall–Kier alpha value is -2.09. The van der Waals surface area contributed by atoms with E-state index < -0.39 is 0 Å². The van der Waals surface area contributed by atoms with Crippen LogP contribution < -0.4 is 15.4 Å². The maximum atomic E-state index is 12.3. The van der Waals surface area contributed by atoms with Gasteiger partial charge in [0.2, 0.25) is 0 Å². The van der Waals surface area contributed by atoms with Crippen molar-refractivity contribution in [2.24, 2.45) is 0 Å². The average molecular weight is 390 g/mol. The number of fused-ring (bicyclic) bond motifs is 1. The summed E-state index contributed by atoms with van der Waals surface area (Å²) in [4.78, 5) is 16.2. The van der Waals surface area contributed by atoms with E-state index in [0.29, 0.717) is 31.2 Å². The Labute approximate surface area is 164 Å². The van der Waals surface area contributed by atoms with Crippen LogP contribution in [0.1, 0.15) is 17.4 Å². The summed E-state index contributed by atoms with van der Waals surface area (Å²) in [7, 11) is 1.63. The van der Waals surface area contributed by atoms with E-state index in [1.807, 2.05) is 35.6 Å². The molecule has 0 aliphatic carbocycles. The number of hydrogen-bond acceptors (Lipinski definition) is 5. The zero-order chi connectivity index (χ0) is 19.1. The molecule has 0 fully saturated rings. The first-order chi connectivity index (χ1) is 13.2. The molecule has 3 rings (SSSR count). The van der Waals surface area contributed by atoms with E-state index in [-0.39, 0.29) is 12.1 Å². The summed E-state index contributed by atoms with van der Waals surface area (Å²) >= 11 is 1.84. The number of ether oxygens (including phenoxy) is 2. The van der Waals surface area contributed by atoms with Gasteiger partial charge in [-0.15, -0.1) is 11.3 Å². The van der Waals surface area contributed by atoms with Gasteiger partial charge in [0, 0.05) is 37.7 Å². The van der Waals surface area contributed by atoms with Gasteiger partial charge < -0.3 is 20.1 Å². The van der Waals surface area contributed by atoms with E-state index in [1.165, 1.54) is 10.4 Å². The lowest BCUT2D eigenvalue weighted by Gasteiger charge is -2.32. The fourth-order valence-electron chi connectivity index (χ4n) is 3.11. The van der Waals surface area contributed by atoms with Gasteiger partial charge in [0.1, 0.15) is 12.4 Å². The highest BCUT2D eigenvalue weighted by Crippen LogP contribution is 2.25. The van der Waals surface area contributed by atoms with Crippen LogP contribution >= 0.6 is 11.3 Å². The largest absolute Gasteiger partial charge is 0.489 e. The Bertz CT molecular complexity index is 750. The maximum absolute atomic E-state index is 12.3. The molecule has 2 amide bonds. The second-order valence-corrected chi connectivity index (χ2v) is 7.61. The summed E-state index contributed by atoms with van der Waals surface area (Å²) < 4.78 is 10.6. The van der Waals surface area contributed by atoms with Crippen LogP contribution in [-0.4, -0.2) is 50.4 Å². The van der Waals surface area contributed by atoms with Crippen molar-refractivity contribution in [1.29, 1.82) is 0 Å². The first-order valence-corrected chi connectivity index (χ1v) is 10.1. The smallest absolute Gasteiger partial charge is 0.319 e. The summed E-state index contributed by atoms with van der Waals surface area (Å²) in [6.45, 7) is 5.68. The SMILES string of the molecule is COCCOc1ccccc1NC(=O)NCC(C)N1CCc2sccc2C1. The van der Waals surface area contributed by atoms with E-state index in [2.05, 4.69) is 33.9 Å². The molecule has 0 radical (unpaired) electrons. The molecule has 2 N–H and O–H groups in total. The Balaban J connectivity index is 1.47. The minimum atomic E-state index is -0.224. The number of thiophene rings is 1. The predicted octanol–water partition coefficient (Wildman–Crippen LogP) is 3.34. The van der Waals surface area contributed by atoms with Gasteiger partial charge in [-0.25, -0.2) is 4.79 Å². The molecular weight excluding hydrogens is 362 g/mol. The fourth-order valence-corrected chi connectivity index (χ4v) is 4.00. The Morgan fingerprint density at radius 1 is 1.30 bits per heavy atom. The van der Waals surface area contributed by atoms with E-state index in [9.17, 15) is 4.79 Å². The van der Waals surface area contributed by atoms with Crippen molar-refractivity contribution >= 4 is 23.1 Å². The lowest BCUT2D eigenvalue weighted by atomic mass is 10.1. The Kier molecular flexibility index (Phi) is 7.09. The summed E-state index contributed by atoms with van der Waals surface area (Å²) in [5, 5.41) is 8.01. The topological polar surface area (TPSA) is 62.8 Å². The molecule has 0 bridgehead atoms. The van der Waals surface area contributed by atoms with E-state index >= 15 is 0 Å². The van der Waals surface area contributed by atoms with Crippen LogP contribution in [0.5, 0.6) is 5.75 Å². The third-order valence-electron chi connectivity index (χ3n) is 4.70. The van der Waals surface area contributed by atoms with Gasteiger partial charge in [-0.1, -0.05) is 12.1 Å². The molecule has 0 spiro atoms. The molecule has 1 aliphatic rings. The highest BCUT2D eigenvalue weighted by molar-refractivity contribution is 7.10. The van der Waals surface area contributed by atoms with Crippen molar-refractivity contribution < 1.29 is 14.3 Å². The lowest BCUT2D eigenvalue weighted by Crippen LogP contribution is -2.45. The highest BCUT2D eigenvalue weighted by atomic mass is 32.1. The maximum Gasteiger partial charge on any atom is 0.319 e. The molecule has 0 saturated carbocycles. The number of para-hydroxylation sites is 2. The summed E-state index contributed by atoms with van der Waals surface area (Å²) in [5.41, 5.74) is 2.07. The number of hydrogen-bond donors (Lipinski definition) is 2. The van der Waals surface area contributed by atoms with Gasteiger partial charge in [-0.3, -0.25) is 4.90 Å². The summed E-state index contributed by atoms with van der Waals surface area (Å²) in [6, 6.07) is 9.67. The standard InChI is InChI=1S/C20H27N3O3S/c1-15(23-9-7-19-16(14-23)8-12-27-19)13-21-20(24)22-17-5-3-4-6-18(17)26-11-10-25-2/h3-6,8,12,15H,7,9-11,13-14H2,1-2H3,(H2,21,22,24). The third kappa shape index (κ3) is 5.45. The first kappa shape index (κ1) is 19.7. The molecular formula is C20H27N3O3S. The Morgan fingerprint density at radius 2 is 2.15 bits per heavy atom. The van der Waals surface area contributed by atoms with Crippen molar-refractivity contribution in [2.45, 2.75) is 25.9 Å². The van der Waals surface area contributed by atoms with Gasteiger partial charge in [0.25, 0.3) is 0 Å². The number of amides is 2. The molecule has 6 nitrogen and oxygen atoms in total. The number of rotatable bonds is 8. The molecule has 0 saturated heterocycles. The first-order valence-electron chi connectivity index (χ1n) is 9.22. The van der Waals surface area contributed by atoms with Crippen molar-refractivity contribution in [2.75, 3.05) is 38.7 Å². The number of carbonyl (C=O) groups is 1. The van der Waals surface area contributed by atoms with Gasteiger partial charge in [-0.2, -0.15) is 0 Å². The summed E-state index contributed by atoms with van der Waals surface area (Å²) in [5.74, 6) is 0.638. The predicted molar refractivity (Wildman–Crippen MR) is 109 cm³/mol. The fraction of sp³-hybridized carbons (Fsp3) is 0.450. The van der Waals surface area contributed by atoms with Crippen LogP contribution in [0.3, 0.4) is 0 Å². The highest BCUT2D eigenvalue weighted by Gasteiger charge is 2.21. The molecule has 1 unspecified atom stereocenters. The third-order valence-corrected chi connectivity index (χ3v) is 5.72. The van der Waals surface area contributed by atoms with Crippen LogP contribution in [0, 0.1) is 0 Å². The summed E-state index contributed by atoms with van der Waals surface area (Å²) in [6.07, 6.45) is 1.09. The number of anilines is 1. The van der Waals surface area contributed by atoms with E-state index in [4.69, 9.17) is 9.47 Å². The lowest BCUT2D eigenvalue weighted by molar-refractivity contribution is 0.146. The quantitative estimate of drug-likeness (QED) is 0.680. The van der Waals surface area contributed by atoms with E-state index in [1.54, 1.807) is 7.11 Å². The number of methoxy groups -OCH3 is 1. The number of nitrogens with one attached hydrogen (secondary N) is 2. The number of benzene rings is 1.